The number of anilines is 1. The fourth-order valence-corrected chi connectivity index (χ4v) is 3.46. The van der Waals surface area contributed by atoms with E-state index in [2.05, 4.69) is 16.0 Å². The van der Waals surface area contributed by atoms with Gasteiger partial charge < -0.3 is 25.8 Å². The number of phenols is 1. The molecule has 0 saturated heterocycles. The van der Waals surface area contributed by atoms with E-state index < -0.39 is 12.1 Å². The van der Waals surface area contributed by atoms with Gasteiger partial charge >= 0.3 is 6.03 Å². The van der Waals surface area contributed by atoms with Gasteiger partial charge in [0.2, 0.25) is 0 Å². The van der Waals surface area contributed by atoms with Crippen molar-refractivity contribution in [3.63, 3.8) is 0 Å². The van der Waals surface area contributed by atoms with Crippen molar-refractivity contribution in [1.29, 1.82) is 0 Å². The van der Waals surface area contributed by atoms with Crippen LogP contribution in [0.3, 0.4) is 0 Å². The van der Waals surface area contributed by atoms with Gasteiger partial charge in [-0.05, 0) is 50.1 Å². The lowest BCUT2D eigenvalue weighted by molar-refractivity contribution is -0.113. The van der Waals surface area contributed by atoms with Gasteiger partial charge in [0.1, 0.15) is 0 Å². The molecular weight excluding hydrogens is 394 g/mol. The Balaban J connectivity index is 2.02. The molecule has 152 valence electrons. The lowest BCUT2D eigenvalue weighted by Crippen LogP contribution is -2.46. The number of benzene rings is 2. The highest BCUT2D eigenvalue weighted by molar-refractivity contribution is 6.31. The lowest BCUT2D eigenvalue weighted by atomic mass is 9.94. The van der Waals surface area contributed by atoms with Crippen molar-refractivity contribution in [2.45, 2.75) is 26.8 Å². The minimum absolute atomic E-state index is 0.136. The Bertz CT molecular complexity index is 1030. The summed E-state index contributed by atoms with van der Waals surface area (Å²) >= 11 is 6.31. The molecule has 7 nitrogen and oxygen atoms in total. The molecule has 1 aliphatic heterocycles. The molecule has 1 atom stereocenters. The first kappa shape index (κ1) is 20.5. The highest BCUT2D eigenvalue weighted by atomic mass is 35.5. The van der Waals surface area contributed by atoms with Crippen molar-refractivity contribution < 1.29 is 19.4 Å². The Labute approximate surface area is 173 Å². The zero-order valence-electron chi connectivity index (χ0n) is 16.5. The summed E-state index contributed by atoms with van der Waals surface area (Å²) in [7, 11) is 1.40. The zero-order valence-corrected chi connectivity index (χ0v) is 17.3. The second kappa shape index (κ2) is 8.05. The SMILES string of the molecule is COc1cc([C@@H]2NC(=O)NC(C)=C2C(=O)Nc2ccc(C)c(C)c2)c(Cl)cc1O. The van der Waals surface area contributed by atoms with Crippen LogP contribution in [0, 0.1) is 13.8 Å². The number of carbonyl (C=O) groups excluding carboxylic acids is 2. The Morgan fingerprint density at radius 3 is 2.55 bits per heavy atom. The van der Waals surface area contributed by atoms with Crippen LogP contribution in [0.4, 0.5) is 10.5 Å². The summed E-state index contributed by atoms with van der Waals surface area (Å²) in [4.78, 5) is 25.2. The summed E-state index contributed by atoms with van der Waals surface area (Å²) in [5, 5.41) is 18.3. The molecule has 29 heavy (non-hydrogen) atoms. The quantitative estimate of drug-likeness (QED) is 0.607. The van der Waals surface area contributed by atoms with E-state index in [1.54, 1.807) is 6.92 Å². The van der Waals surface area contributed by atoms with Gasteiger partial charge in [0.15, 0.2) is 11.5 Å². The molecule has 0 bridgehead atoms. The van der Waals surface area contributed by atoms with Crippen molar-refractivity contribution in [3.05, 3.63) is 63.3 Å². The first-order valence-corrected chi connectivity index (χ1v) is 9.32. The molecule has 8 heteroatoms. The van der Waals surface area contributed by atoms with E-state index in [1.807, 2.05) is 32.0 Å². The van der Waals surface area contributed by atoms with Gasteiger partial charge in [-0.2, -0.15) is 0 Å². The molecule has 2 aromatic rings. The summed E-state index contributed by atoms with van der Waals surface area (Å²) in [6.07, 6.45) is 0. The molecule has 3 rings (SSSR count). The van der Waals surface area contributed by atoms with E-state index >= 15 is 0 Å². The molecular formula is C21H22ClN3O4. The van der Waals surface area contributed by atoms with Gasteiger partial charge in [-0.15, -0.1) is 0 Å². The second-order valence-corrected chi connectivity index (χ2v) is 7.28. The third-order valence-corrected chi connectivity index (χ3v) is 5.22. The Morgan fingerprint density at radius 2 is 1.90 bits per heavy atom. The number of aryl methyl sites for hydroxylation is 2. The summed E-state index contributed by atoms with van der Waals surface area (Å²) in [6.45, 7) is 5.60. The van der Waals surface area contributed by atoms with Gasteiger partial charge in [-0.3, -0.25) is 4.79 Å². The van der Waals surface area contributed by atoms with E-state index in [0.717, 1.165) is 11.1 Å². The van der Waals surface area contributed by atoms with Gasteiger partial charge in [-0.25, -0.2) is 4.79 Å². The molecule has 0 spiro atoms. The van der Waals surface area contributed by atoms with E-state index in [4.69, 9.17) is 16.3 Å². The van der Waals surface area contributed by atoms with Crippen LogP contribution in [-0.2, 0) is 4.79 Å². The van der Waals surface area contributed by atoms with Gasteiger partial charge in [0.05, 0.1) is 23.7 Å². The highest BCUT2D eigenvalue weighted by Gasteiger charge is 2.33. The Kier molecular flexibility index (Phi) is 5.70. The maximum absolute atomic E-state index is 13.1. The van der Waals surface area contributed by atoms with Crippen LogP contribution in [0.1, 0.15) is 29.7 Å². The minimum atomic E-state index is -0.822. The third-order valence-electron chi connectivity index (χ3n) is 4.89. The van der Waals surface area contributed by atoms with E-state index in [9.17, 15) is 14.7 Å². The third kappa shape index (κ3) is 4.14. The van der Waals surface area contributed by atoms with Crippen molar-refractivity contribution in [3.8, 4) is 11.5 Å². The minimum Gasteiger partial charge on any atom is -0.504 e. The fraction of sp³-hybridized carbons (Fsp3) is 0.238. The van der Waals surface area contributed by atoms with E-state index in [-0.39, 0.29) is 22.4 Å². The molecule has 0 saturated carbocycles. The fourth-order valence-electron chi connectivity index (χ4n) is 3.19. The van der Waals surface area contributed by atoms with Crippen LogP contribution in [-0.4, -0.2) is 24.2 Å². The highest BCUT2D eigenvalue weighted by Crippen LogP contribution is 2.38. The topological polar surface area (TPSA) is 99.7 Å². The number of rotatable bonds is 4. The molecule has 2 aromatic carbocycles. The van der Waals surface area contributed by atoms with Crippen molar-refractivity contribution in [1.82, 2.24) is 10.6 Å². The second-order valence-electron chi connectivity index (χ2n) is 6.87. The van der Waals surface area contributed by atoms with Crippen molar-refractivity contribution in [2.75, 3.05) is 12.4 Å². The predicted octanol–water partition coefficient (Wildman–Crippen LogP) is 3.94. The Morgan fingerprint density at radius 1 is 1.17 bits per heavy atom. The van der Waals surface area contributed by atoms with Gasteiger partial charge in [0, 0.05) is 23.0 Å². The summed E-state index contributed by atoms with van der Waals surface area (Å²) in [5.41, 5.74) is 3.95. The average Bonchev–Trinajstić information content (AvgIpc) is 2.64. The molecule has 4 N–H and O–H groups in total. The normalized spacial score (nSPS) is 16.2. The van der Waals surface area contributed by atoms with Crippen LogP contribution >= 0.6 is 11.6 Å². The number of amides is 3. The number of phenolic OH excluding ortho intramolecular Hbond substituents is 1. The van der Waals surface area contributed by atoms with Gasteiger partial charge in [-0.1, -0.05) is 17.7 Å². The number of carbonyl (C=O) groups is 2. The molecule has 0 aromatic heterocycles. The van der Waals surface area contributed by atoms with Crippen LogP contribution < -0.4 is 20.7 Å². The van der Waals surface area contributed by atoms with Crippen LogP contribution in [0.5, 0.6) is 11.5 Å². The number of aromatic hydroxyl groups is 1. The first-order chi connectivity index (χ1) is 13.7. The number of hydrogen-bond acceptors (Lipinski definition) is 4. The largest absolute Gasteiger partial charge is 0.504 e. The standard InChI is InChI=1S/C21H22ClN3O4/c1-10-5-6-13(7-11(10)2)24-20(27)18-12(3)23-21(28)25-19(18)14-8-17(29-4)16(26)9-15(14)22/h5-9,19,26H,1-4H3,(H,24,27)(H2,23,25,28)/t19-/m0/s1. The molecule has 1 aliphatic rings. The first-order valence-electron chi connectivity index (χ1n) is 8.94. The number of urea groups is 1. The number of allylic oxidation sites excluding steroid dienone is 1. The number of hydrogen-bond donors (Lipinski definition) is 4. The van der Waals surface area contributed by atoms with Crippen LogP contribution in [0.2, 0.25) is 5.02 Å². The number of ether oxygens (including phenoxy) is 1. The number of halogens is 1. The molecule has 0 unspecified atom stereocenters. The molecule has 0 aliphatic carbocycles. The maximum Gasteiger partial charge on any atom is 0.319 e. The molecule has 3 amide bonds. The Hall–Kier alpha value is -3.19. The van der Waals surface area contributed by atoms with E-state index in [0.29, 0.717) is 22.5 Å². The van der Waals surface area contributed by atoms with Crippen LogP contribution in [0.15, 0.2) is 41.6 Å². The van der Waals surface area contributed by atoms with Crippen molar-refractivity contribution >= 4 is 29.2 Å². The lowest BCUT2D eigenvalue weighted by Gasteiger charge is -2.29. The number of nitrogens with one attached hydrogen (secondary N) is 3. The summed E-state index contributed by atoms with van der Waals surface area (Å²) in [5.74, 6) is -0.335. The van der Waals surface area contributed by atoms with Crippen LogP contribution in [0.25, 0.3) is 0 Å². The monoisotopic (exact) mass is 415 g/mol. The van der Waals surface area contributed by atoms with Gasteiger partial charge in [0.25, 0.3) is 5.91 Å². The number of methoxy groups -OCH3 is 1. The zero-order chi connectivity index (χ0) is 21.3. The molecule has 0 fully saturated rings. The van der Waals surface area contributed by atoms with E-state index in [1.165, 1.54) is 19.2 Å². The summed E-state index contributed by atoms with van der Waals surface area (Å²) in [6, 6.07) is 7.16. The van der Waals surface area contributed by atoms with Crippen molar-refractivity contribution in [2.24, 2.45) is 0 Å². The average molecular weight is 416 g/mol. The molecule has 0 radical (unpaired) electrons. The molecule has 1 heterocycles. The maximum atomic E-state index is 13.1. The smallest absolute Gasteiger partial charge is 0.319 e. The summed E-state index contributed by atoms with van der Waals surface area (Å²) < 4.78 is 5.15. The predicted molar refractivity (Wildman–Crippen MR) is 111 cm³/mol.